The molecule has 1 atom stereocenters. The lowest BCUT2D eigenvalue weighted by atomic mass is 9.81. The van der Waals surface area contributed by atoms with Crippen molar-refractivity contribution >= 4 is 11.7 Å². The Labute approximate surface area is 132 Å². The monoisotopic (exact) mass is 299 g/mol. The Bertz CT molecular complexity index is 520. The zero-order valence-corrected chi connectivity index (χ0v) is 13.1. The highest BCUT2D eigenvalue weighted by molar-refractivity contribution is 6.00. The van der Waals surface area contributed by atoms with Gasteiger partial charge in [0.05, 0.1) is 19.0 Å². The molecule has 1 aromatic rings. The predicted molar refractivity (Wildman–Crippen MR) is 88.8 cm³/mol. The van der Waals surface area contributed by atoms with E-state index in [0.29, 0.717) is 12.3 Å². The fourth-order valence-electron chi connectivity index (χ4n) is 3.54. The van der Waals surface area contributed by atoms with Gasteiger partial charge in [0.15, 0.2) is 0 Å². The van der Waals surface area contributed by atoms with Crippen LogP contribution in [0.25, 0.3) is 0 Å². The van der Waals surface area contributed by atoms with Crippen LogP contribution < -0.4 is 10.6 Å². The van der Waals surface area contributed by atoms with E-state index in [4.69, 9.17) is 0 Å². The second-order valence-electron chi connectivity index (χ2n) is 6.29. The van der Waals surface area contributed by atoms with Gasteiger partial charge in [-0.15, -0.1) is 0 Å². The third-order valence-electron chi connectivity index (χ3n) is 4.67. The first-order valence-corrected chi connectivity index (χ1v) is 8.44. The van der Waals surface area contributed by atoms with Crippen molar-refractivity contribution in [3.63, 3.8) is 0 Å². The SMILES string of the molecule is O=C(CC1=NCCN1)NC(c1ccccc1)C1CCCCC1. The maximum absolute atomic E-state index is 12.4. The minimum absolute atomic E-state index is 0.0765. The second-order valence-corrected chi connectivity index (χ2v) is 6.29. The minimum Gasteiger partial charge on any atom is -0.372 e. The fourth-order valence-corrected chi connectivity index (χ4v) is 3.54. The Kier molecular flexibility index (Phi) is 5.09. The van der Waals surface area contributed by atoms with Crippen molar-refractivity contribution in [1.82, 2.24) is 10.6 Å². The van der Waals surface area contributed by atoms with Gasteiger partial charge in [-0.3, -0.25) is 9.79 Å². The zero-order chi connectivity index (χ0) is 15.2. The number of amidine groups is 1. The van der Waals surface area contributed by atoms with Crippen LogP contribution >= 0.6 is 0 Å². The summed E-state index contributed by atoms with van der Waals surface area (Å²) in [4.78, 5) is 16.7. The molecule has 1 saturated carbocycles. The highest BCUT2D eigenvalue weighted by Gasteiger charge is 2.26. The number of carbonyl (C=O) groups is 1. The molecular formula is C18H25N3O. The van der Waals surface area contributed by atoms with Gasteiger partial charge in [0.25, 0.3) is 0 Å². The summed E-state index contributed by atoms with van der Waals surface area (Å²) in [5.41, 5.74) is 1.23. The standard InChI is InChI=1S/C18H25N3O/c22-17(13-16-19-11-12-20-16)21-18(14-7-3-1-4-8-14)15-9-5-2-6-10-15/h1,3-4,7-8,15,18H,2,5-6,9-13H2,(H,19,20)(H,21,22). The lowest BCUT2D eigenvalue weighted by Gasteiger charge is -2.31. The third kappa shape index (κ3) is 3.87. The minimum atomic E-state index is 0.0765. The van der Waals surface area contributed by atoms with Crippen molar-refractivity contribution in [2.24, 2.45) is 10.9 Å². The van der Waals surface area contributed by atoms with Crippen LogP contribution in [0.1, 0.15) is 50.1 Å². The largest absolute Gasteiger partial charge is 0.372 e. The van der Waals surface area contributed by atoms with E-state index in [1.54, 1.807) is 0 Å². The Morgan fingerprint density at radius 1 is 1.23 bits per heavy atom. The van der Waals surface area contributed by atoms with Gasteiger partial charge in [0, 0.05) is 6.54 Å². The van der Waals surface area contributed by atoms with Crippen LogP contribution in [-0.2, 0) is 4.79 Å². The lowest BCUT2D eigenvalue weighted by molar-refractivity contribution is -0.121. The topological polar surface area (TPSA) is 53.5 Å². The molecule has 0 spiro atoms. The number of carbonyl (C=O) groups excluding carboxylic acids is 1. The van der Waals surface area contributed by atoms with Gasteiger partial charge in [-0.2, -0.15) is 0 Å². The summed E-state index contributed by atoms with van der Waals surface area (Å²) < 4.78 is 0. The average Bonchev–Trinajstić information content (AvgIpc) is 3.07. The molecule has 118 valence electrons. The van der Waals surface area contributed by atoms with E-state index in [2.05, 4.69) is 39.9 Å². The molecule has 0 bridgehead atoms. The van der Waals surface area contributed by atoms with Gasteiger partial charge < -0.3 is 10.6 Å². The maximum Gasteiger partial charge on any atom is 0.228 e. The molecule has 1 heterocycles. The van der Waals surface area contributed by atoms with Crippen molar-refractivity contribution in [2.75, 3.05) is 13.1 Å². The Balaban J connectivity index is 1.68. The van der Waals surface area contributed by atoms with E-state index in [-0.39, 0.29) is 11.9 Å². The Morgan fingerprint density at radius 3 is 2.68 bits per heavy atom. The number of rotatable bonds is 5. The van der Waals surface area contributed by atoms with Crippen molar-refractivity contribution < 1.29 is 4.79 Å². The van der Waals surface area contributed by atoms with E-state index in [1.807, 2.05) is 6.07 Å². The molecule has 0 saturated heterocycles. The zero-order valence-electron chi connectivity index (χ0n) is 13.1. The van der Waals surface area contributed by atoms with Crippen molar-refractivity contribution in [1.29, 1.82) is 0 Å². The molecule has 4 nitrogen and oxygen atoms in total. The van der Waals surface area contributed by atoms with Gasteiger partial charge in [-0.1, -0.05) is 49.6 Å². The molecule has 1 unspecified atom stereocenters. The normalized spacial score (nSPS) is 20.1. The molecule has 2 N–H and O–H groups in total. The Hall–Kier alpha value is -1.84. The number of benzene rings is 1. The van der Waals surface area contributed by atoms with Gasteiger partial charge >= 0.3 is 0 Å². The van der Waals surface area contributed by atoms with E-state index < -0.39 is 0 Å². The molecular weight excluding hydrogens is 274 g/mol. The number of hydrogen-bond acceptors (Lipinski definition) is 3. The maximum atomic E-state index is 12.4. The van der Waals surface area contributed by atoms with Crippen LogP contribution in [0, 0.1) is 5.92 Å². The summed E-state index contributed by atoms with van der Waals surface area (Å²) in [6, 6.07) is 10.5. The highest BCUT2D eigenvalue weighted by atomic mass is 16.1. The molecule has 0 radical (unpaired) electrons. The van der Waals surface area contributed by atoms with Crippen molar-refractivity contribution in [3.05, 3.63) is 35.9 Å². The lowest BCUT2D eigenvalue weighted by Crippen LogP contribution is -2.36. The smallest absolute Gasteiger partial charge is 0.228 e. The van der Waals surface area contributed by atoms with E-state index in [9.17, 15) is 4.79 Å². The number of hydrogen-bond donors (Lipinski definition) is 2. The highest BCUT2D eigenvalue weighted by Crippen LogP contribution is 2.34. The van der Waals surface area contributed by atoms with Crippen molar-refractivity contribution in [3.8, 4) is 0 Å². The predicted octanol–water partition coefficient (Wildman–Crippen LogP) is 2.82. The fraction of sp³-hybridized carbons (Fsp3) is 0.556. The van der Waals surface area contributed by atoms with Crippen LogP contribution in [0.2, 0.25) is 0 Å². The summed E-state index contributed by atoms with van der Waals surface area (Å²) in [6.07, 6.45) is 6.66. The molecule has 0 aromatic heterocycles. The van der Waals surface area contributed by atoms with Gasteiger partial charge in [-0.25, -0.2) is 0 Å². The van der Waals surface area contributed by atoms with Crippen LogP contribution in [0.15, 0.2) is 35.3 Å². The molecule has 1 aliphatic heterocycles. The summed E-state index contributed by atoms with van der Waals surface area (Å²) >= 11 is 0. The van der Waals surface area contributed by atoms with Gasteiger partial charge in [0.1, 0.15) is 5.84 Å². The quantitative estimate of drug-likeness (QED) is 0.878. The third-order valence-corrected chi connectivity index (χ3v) is 4.67. The number of nitrogens with zero attached hydrogens (tertiary/aromatic N) is 1. The molecule has 4 heteroatoms. The molecule has 1 fully saturated rings. The number of aliphatic imine (C=N–C) groups is 1. The number of amides is 1. The summed E-state index contributed by atoms with van der Waals surface area (Å²) in [6.45, 7) is 1.64. The summed E-state index contributed by atoms with van der Waals surface area (Å²) in [5, 5.41) is 6.44. The molecule has 1 aliphatic carbocycles. The first kappa shape index (κ1) is 15.1. The average molecular weight is 299 g/mol. The molecule has 2 aliphatic rings. The van der Waals surface area contributed by atoms with Gasteiger partial charge in [-0.05, 0) is 24.3 Å². The summed E-state index contributed by atoms with van der Waals surface area (Å²) in [5.74, 6) is 1.46. The first-order chi connectivity index (χ1) is 10.8. The molecule has 1 aromatic carbocycles. The first-order valence-electron chi connectivity index (χ1n) is 8.44. The van der Waals surface area contributed by atoms with Crippen molar-refractivity contribution in [2.45, 2.75) is 44.6 Å². The molecule has 1 amide bonds. The molecule has 3 rings (SSSR count). The van der Waals surface area contributed by atoms with Crippen LogP contribution in [0.5, 0.6) is 0 Å². The second kappa shape index (κ2) is 7.43. The van der Waals surface area contributed by atoms with Crippen LogP contribution in [-0.4, -0.2) is 24.8 Å². The van der Waals surface area contributed by atoms with Crippen LogP contribution in [0.3, 0.4) is 0 Å². The summed E-state index contributed by atoms with van der Waals surface area (Å²) in [7, 11) is 0. The van der Waals surface area contributed by atoms with E-state index in [1.165, 1.54) is 37.7 Å². The van der Waals surface area contributed by atoms with Crippen LogP contribution in [0.4, 0.5) is 0 Å². The number of nitrogens with one attached hydrogen (secondary N) is 2. The van der Waals surface area contributed by atoms with Gasteiger partial charge in [0.2, 0.25) is 5.91 Å². The molecule has 22 heavy (non-hydrogen) atoms. The van der Waals surface area contributed by atoms with E-state index >= 15 is 0 Å². The Morgan fingerprint density at radius 2 is 2.00 bits per heavy atom. The van der Waals surface area contributed by atoms with E-state index in [0.717, 1.165) is 18.9 Å².